The van der Waals surface area contributed by atoms with Gasteiger partial charge in [-0.2, -0.15) is 5.10 Å². The van der Waals surface area contributed by atoms with Crippen LogP contribution in [0.1, 0.15) is 27.9 Å². The summed E-state index contributed by atoms with van der Waals surface area (Å²) in [7, 11) is 7.35. The molecule has 1 atom stereocenters. The molecule has 0 radical (unpaired) electrons. The van der Waals surface area contributed by atoms with E-state index in [0.717, 1.165) is 49.6 Å². The van der Waals surface area contributed by atoms with E-state index in [4.69, 9.17) is 0 Å². The van der Waals surface area contributed by atoms with Gasteiger partial charge in [-0.3, -0.25) is 14.5 Å². The van der Waals surface area contributed by atoms with Crippen LogP contribution in [0.2, 0.25) is 0 Å². The van der Waals surface area contributed by atoms with Crippen LogP contribution in [-0.4, -0.2) is 72.2 Å². The molecule has 2 heterocycles. The second-order valence-electron chi connectivity index (χ2n) is 7.95. The van der Waals surface area contributed by atoms with Crippen LogP contribution >= 0.6 is 0 Å². The lowest BCUT2D eigenvalue weighted by atomic mass is 10.0. The normalized spacial score (nSPS) is 16.9. The Bertz CT molecular complexity index is 856. The first-order chi connectivity index (χ1) is 14.0. The first-order valence-corrected chi connectivity index (χ1v) is 10.2. The fourth-order valence-electron chi connectivity index (χ4n) is 3.87. The van der Waals surface area contributed by atoms with Crippen molar-refractivity contribution in [3.8, 4) is 0 Å². The number of aliphatic imine (C=N–C) groups is 1. The van der Waals surface area contributed by atoms with Gasteiger partial charge in [0.25, 0.3) is 5.91 Å². The summed E-state index contributed by atoms with van der Waals surface area (Å²) in [6.45, 7) is 2.83. The number of nitrogens with zero attached hydrogens (tertiary/aromatic N) is 5. The van der Waals surface area contributed by atoms with Gasteiger partial charge in [0.05, 0.1) is 6.20 Å². The Labute approximate surface area is 173 Å². The van der Waals surface area contributed by atoms with Crippen LogP contribution in [0.5, 0.6) is 0 Å². The number of aryl methyl sites for hydroxylation is 1. The molecule has 7 nitrogen and oxygen atoms in total. The van der Waals surface area contributed by atoms with Crippen molar-refractivity contribution in [2.45, 2.75) is 19.3 Å². The van der Waals surface area contributed by atoms with Gasteiger partial charge in [0.1, 0.15) is 0 Å². The molecule has 1 amide bonds. The molecule has 1 aromatic heterocycles. The number of benzene rings is 1. The highest BCUT2D eigenvalue weighted by Gasteiger charge is 2.25. The Morgan fingerprint density at radius 2 is 2.17 bits per heavy atom. The average Bonchev–Trinajstić information content (AvgIpc) is 3.34. The fraction of sp³-hybridized carbons (Fsp3) is 0.500. The summed E-state index contributed by atoms with van der Waals surface area (Å²) >= 11 is 0. The van der Waals surface area contributed by atoms with E-state index >= 15 is 0 Å². The van der Waals surface area contributed by atoms with Crippen molar-refractivity contribution >= 4 is 11.9 Å². The molecule has 7 heteroatoms. The maximum atomic E-state index is 12.1. The van der Waals surface area contributed by atoms with Crippen LogP contribution in [0.25, 0.3) is 0 Å². The number of carbonyl (C=O) groups is 1. The molecule has 1 fully saturated rings. The molecule has 156 valence electrons. The van der Waals surface area contributed by atoms with Crippen molar-refractivity contribution < 1.29 is 4.79 Å². The lowest BCUT2D eigenvalue weighted by Crippen LogP contribution is -2.41. The monoisotopic (exact) mass is 396 g/mol. The van der Waals surface area contributed by atoms with E-state index in [1.165, 1.54) is 12.0 Å². The Hall–Kier alpha value is -2.83. The van der Waals surface area contributed by atoms with Gasteiger partial charge in [0.2, 0.25) is 0 Å². The lowest BCUT2D eigenvalue weighted by Gasteiger charge is -2.21. The molecule has 1 N–H and O–H groups in total. The highest BCUT2D eigenvalue weighted by molar-refractivity contribution is 5.94. The second-order valence-corrected chi connectivity index (χ2v) is 7.95. The zero-order valence-corrected chi connectivity index (χ0v) is 17.9. The number of rotatable bonds is 6. The van der Waals surface area contributed by atoms with Gasteiger partial charge in [-0.1, -0.05) is 12.1 Å². The van der Waals surface area contributed by atoms with Gasteiger partial charge in [0.15, 0.2) is 5.96 Å². The van der Waals surface area contributed by atoms with Crippen LogP contribution in [0.3, 0.4) is 0 Å². The molecular formula is C22H32N6O. The summed E-state index contributed by atoms with van der Waals surface area (Å²) in [5.74, 6) is 1.62. The average molecular weight is 397 g/mol. The van der Waals surface area contributed by atoms with Gasteiger partial charge in [0, 0.05) is 59.6 Å². The number of amides is 1. The predicted molar refractivity (Wildman–Crippen MR) is 116 cm³/mol. The Morgan fingerprint density at radius 3 is 2.86 bits per heavy atom. The molecule has 0 bridgehead atoms. The summed E-state index contributed by atoms with van der Waals surface area (Å²) in [4.78, 5) is 20.6. The molecule has 2 aromatic rings. The Balaban J connectivity index is 1.49. The number of guanidine groups is 1. The third-order valence-corrected chi connectivity index (χ3v) is 5.36. The van der Waals surface area contributed by atoms with E-state index in [1.54, 1.807) is 19.0 Å². The van der Waals surface area contributed by atoms with Gasteiger partial charge in [-0.05, 0) is 48.4 Å². The number of hydrogen-bond acceptors (Lipinski definition) is 3. The quantitative estimate of drug-likeness (QED) is 0.597. The number of likely N-dealkylation sites (tertiary alicyclic amines) is 1. The van der Waals surface area contributed by atoms with Crippen LogP contribution in [0, 0.1) is 5.92 Å². The molecule has 1 aliphatic rings. The van der Waals surface area contributed by atoms with Crippen molar-refractivity contribution in [1.29, 1.82) is 0 Å². The van der Waals surface area contributed by atoms with Crippen LogP contribution in [-0.2, 0) is 19.9 Å². The van der Waals surface area contributed by atoms with Gasteiger partial charge in [-0.15, -0.1) is 0 Å². The second kappa shape index (κ2) is 9.58. The highest BCUT2D eigenvalue weighted by atomic mass is 16.2. The van der Waals surface area contributed by atoms with E-state index < -0.39 is 0 Å². The van der Waals surface area contributed by atoms with Crippen LogP contribution in [0.4, 0.5) is 0 Å². The fourth-order valence-corrected chi connectivity index (χ4v) is 3.87. The molecule has 29 heavy (non-hydrogen) atoms. The molecule has 1 saturated heterocycles. The molecule has 0 spiro atoms. The van der Waals surface area contributed by atoms with Crippen LogP contribution in [0.15, 0.2) is 41.7 Å². The molecule has 0 saturated carbocycles. The third kappa shape index (κ3) is 5.59. The van der Waals surface area contributed by atoms with Crippen molar-refractivity contribution in [3.63, 3.8) is 0 Å². The van der Waals surface area contributed by atoms with Crippen molar-refractivity contribution in [1.82, 2.24) is 24.9 Å². The summed E-state index contributed by atoms with van der Waals surface area (Å²) in [5, 5.41) is 7.75. The lowest BCUT2D eigenvalue weighted by molar-refractivity contribution is 0.0827. The van der Waals surface area contributed by atoms with Gasteiger partial charge >= 0.3 is 0 Å². The minimum atomic E-state index is 0.0346. The Morgan fingerprint density at radius 1 is 1.34 bits per heavy atom. The summed E-state index contributed by atoms with van der Waals surface area (Å²) in [5.41, 5.74) is 3.18. The van der Waals surface area contributed by atoms with Gasteiger partial charge < -0.3 is 15.1 Å². The SMILES string of the molecule is CN=C(NCCc1cccc(C(=O)N(C)C)c1)N1CCC(Cc2cnn(C)c2)C1. The van der Waals surface area contributed by atoms with Crippen LogP contribution < -0.4 is 5.32 Å². The van der Waals surface area contributed by atoms with E-state index in [9.17, 15) is 4.79 Å². The van der Waals surface area contributed by atoms with E-state index in [1.807, 2.05) is 43.2 Å². The summed E-state index contributed by atoms with van der Waals surface area (Å²) in [6, 6.07) is 7.86. The van der Waals surface area contributed by atoms with Gasteiger partial charge in [-0.25, -0.2) is 0 Å². The minimum absolute atomic E-state index is 0.0346. The van der Waals surface area contributed by atoms with Crippen molar-refractivity contribution in [2.75, 3.05) is 40.8 Å². The maximum absolute atomic E-state index is 12.1. The first kappa shape index (κ1) is 20.9. The van der Waals surface area contributed by atoms with Crippen molar-refractivity contribution in [2.24, 2.45) is 18.0 Å². The molecule has 0 aliphatic carbocycles. The smallest absolute Gasteiger partial charge is 0.253 e. The summed E-state index contributed by atoms with van der Waals surface area (Å²) in [6.07, 6.45) is 7.15. The number of nitrogens with one attached hydrogen (secondary N) is 1. The molecule has 1 aromatic carbocycles. The number of aromatic nitrogens is 2. The summed E-state index contributed by atoms with van der Waals surface area (Å²) < 4.78 is 1.86. The largest absolute Gasteiger partial charge is 0.356 e. The minimum Gasteiger partial charge on any atom is -0.356 e. The molecule has 1 aliphatic heterocycles. The zero-order chi connectivity index (χ0) is 20.8. The molecule has 3 rings (SSSR count). The number of hydrogen-bond donors (Lipinski definition) is 1. The molecular weight excluding hydrogens is 364 g/mol. The van der Waals surface area contributed by atoms with E-state index in [0.29, 0.717) is 5.92 Å². The Kier molecular flexibility index (Phi) is 6.90. The molecule has 1 unspecified atom stereocenters. The first-order valence-electron chi connectivity index (χ1n) is 10.2. The predicted octanol–water partition coefficient (Wildman–Crippen LogP) is 1.80. The standard InChI is InChI=1S/C22H32N6O/c1-23-22(28-11-9-18(16-28)12-19-14-25-27(4)15-19)24-10-8-17-6-5-7-20(13-17)21(29)26(2)3/h5-7,13-15,18H,8-12,16H2,1-4H3,(H,23,24). The van der Waals surface area contributed by atoms with E-state index in [2.05, 4.69) is 32.6 Å². The highest BCUT2D eigenvalue weighted by Crippen LogP contribution is 2.20. The maximum Gasteiger partial charge on any atom is 0.253 e. The topological polar surface area (TPSA) is 65.8 Å². The number of carbonyl (C=O) groups excluding carboxylic acids is 1. The van der Waals surface area contributed by atoms with Crippen molar-refractivity contribution in [3.05, 3.63) is 53.3 Å². The zero-order valence-electron chi connectivity index (χ0n) is 17.9. The van der Waals surface area contributed by atoms with E-state index in [-0.39, 0.29) is 5.91 Å². The third-order valence-electron chi connectivity index (χ3n) is 5.36.